The highest BCUT2D eigenvalue weighted by atomic mass is 16.2. The maximum absolute atomic E-state index is 13.0. The van der Waals surface area contributed by atoms with Crippen molar-refractivity contribution >= 4 is 11.8 Å². The molecular formula is C21H28N6O2. The Morgan fingerprint density at radius 1 is 1.24 bits per heavy atom. The molecule has 1 saturated heterocycles. The van der Waals surface area contributed by atoms with E-state index in [2.05, 4.69) is 20.0 Å². The van der Waals surface area contributed by atoms with E-state index in [0.29, 0.717) is 26.1 Å². The van der Waals surface area contributed by atoms with Crippen LogP contribution in [0.1, 0.15) is 49.2 Å². The Morgan fingerprint density at radius 3 is 2.72 bits per heavy atom. The quantitative estimate of drug-likeness (QED) is 0.851. The summed E-state index contributed by atoms with van der Waals surface area (Å²) in [4.78, 5) is 37.7. The number of fused-ring (bicyclic) bond motifs is 2. The lowest BCUT2D eigenvalue weighted by Gasteiger charge is -2.50. The number of carbonyl (C=O) groups excluding carboxylic acids is 2. The van der Waals surface area contributed by atoms with Gasteiger partial charge in [0.1, 0.15) is 0 Å². The van der Waals surface area contributed by atoms with Crippen LogP contribution in [0.15, 0.2) is 18.6 Å². The van der Waals surface area contributed by atoms with E-state index in [1.807, 2.05) is 28.8 Å². The number of piperidine rings is 1. The molecule has 5 rings (SSSR count). The van der Waals surface area contributed by atoms with E-state index >= 15 is 0 Å². The number of rotatable bonds is 4. The summed E-state index contributed by atoms with van der Waals surface area (Å²) >= 11 is 0. The number of imidazole rings is 1. The van der Waals surface area contributed by atoms with Crippen molar-refractivity contribution in [2.45, 2.75) is 57.5 Å². The van der Waals surface area contributed by atoms with Crippen LogP contribution < -0.4 is 0 Å². The fraction of sp³-hybridized carbons (Fsp3) is 0.619. The summed E-state index contributed by atoms with van der Waals surface area (Å²) in [5, 5.41) is 4.36. The minimum Gasteiger partial charge on any atom is -0.348 e. The smallest absolute Gasteiger partial charge is 0.226 e. The Hall–Kier alpha value is -2.64. The Kier molecular flexibility index (Phi) is 4.44. The predicted octanol–water partition coefficient (Wildman–Crippen LogP) is 1.62. The summed E-state index contributed by atoms with van der Waals surface area (Å²) in [6.07, 6.45) is 8.49. The van der Waals surface area contributed by atoms with Crippen molar-refractivity contribution in [1.29, 1.82) is 0 Å². The van der Waals surface area contributed by atoms with Crippen molar-refractivity contribution in [3.63, 3.8) is 0 Å². The normalized spacial score (nSPS) is 20.7. The number of aromatic nitrogens is 4. The van der Waals surface area contributed by atoms with Crippen molar-refractivity contribution < 1.29 is 9.59 Å². The second kappa shape index (κ2) is 7.00. The molecule has 1 spiro atoms. The third-order valence-corrected chi connectivity index (χ3v) is 6.73. The average molecular weight is 396 g/mol. The molecule has 1 aliphatic carbocycles. The topological polar surface area (TPSA) is 87.1 Å². The van der Waals surface area contributed by atoms with Gasteiger partial charge in [-0.05, 0) is 38.7 Å². The molecule has 1 N–H and O–H groups in total. The van der Waals surface area contributed by atoms with Crippen LogP contribution in [0.4, 0.5) is 0 Å². The molecular weight excluding hydrogens is 368 g/mol. The number of carbonyl (C=O) groups is 2. The summed E-state index contributed by atoms with van der Waals surface area (Å²) in [6.45, 7) is 4.63. The molecule has 0 aromatic carbocycles. The van der Waals surface area contributed by atoms with Gasteiger partial charge < -0.3 is 14.8 Å². The fourth-order valence-corrected chi connectivity index (χ4v) is 4.94. The average Bonchev–Trinajstić information content (AvgIpc) is 3.32. The molecule has 0 bridgehead atoms. The molecule has 2 aromatic heterocycles. The number of H-pyrrole nitrogens is 1. The van der Waals surface area contributed by atoms with Gasteiger partial charge in [0.15, 0.2) is 0 Å². The van der Waals surface area contributed by atoms with Crippen molar-refractivity contribution in [3.8, 4) is 0 Å². The van der Waals surface area contributed by atoms with Gasteiger partial charge >= 0.3 is 0 Å². The van der Waals surface area contributed by atoms with E-state index < -0.39 is 0 Å². The number of hydrogen-bond acceptors (Lipinski definition) is 4. The SMILES string of the molecule is Cc1ccn(CCC(=O)N2CCC3(CC2)c2nc[nH]c2CCN3C(=O)C2CC2)n1. The minimum atomic E-state index is -0.358. The molecule has 2 amide bonds. The van der Waals surface area contributed by atoms with Crippen LogP contribution in [-0.2, 0) is 28.1 Å². The highest BCUT2D eigenvalue weighted by Gasteiger charge is 2.51. The third-order valence-electron chi connectivity index (χ3n) is 6.73. The first kappa shape index (κ1) is 18.4. The number of nitrogens with zero attached hydrogens (tertiary/aromatic N) is 5. The van der Waals surface area contributed by atoms with Gasteiger partial charge in [-0.2, -0.15) is 5.10 Å². The Morgan fingerprint density at radius 2 is 2.03 bits per heavy atom. The fourth-order valence-electron chi connectivity index (χ4n) is 4.94. The zero-order valence-electron chi connectivity index (χ0n) is 16.9. The van der Waals surface area contributed by atoms with Gasteiger partial charge in [0.2, 0.25) is 11.8 Å². The minimum absolute atomic E-state index is 0.158. The third kappa shape index (κ3) is 3.24. The lowest BCUT2D eigenvalue weighted by atomic mass is 9.78. The van der Waals surface area contributed by atoms with Crippen LogP contribution in [0, 0.1) is 12.8 Å². The Bertz CT molecular complexity index is 919. The number of hydrogen-bond donors (Lipinski definition) is 1. The molecule has 4 heterocycles. The van der Waals surface area contributed by atoms with E-state index in [-0.39, 0.29) is 23.3 Å². The molecule has 0 radical (unpaired) electrons. The Labute approximate surface area is 170 Å². The Balaban J connectivity index is 1.29. The van der Waals surface area contributed by atoms with Gasteiger partial charge in [0.05, 0.1) is 23.3 Å². The van der Waals surface area contributed by atoms with Crippen LogP contribution in [0.25, 0.3) is 0 Å². The standard InChI is InChI=1S/C21H28N6O2/c1-15-4-9-26(24-15)10-6-18(28)25-12-7-21(8-13-25)19-17(22-14-23-19)5-11-27(21)20(29)16-2-3-16/h4,9,14,16H,2-3,5-8,10-13H2,1H3,(H,22,23). The first-order valence-electron chi connectivity index (χ1n) is 10.7. The summed E-state index contributed by atoms with van der Waals surface area (Å²) in [7, 11) is 0. The van der Waals surface area contributed by atoms with Gasteiger partial charge in [-0.25, -0.2) is 4.98 Å². The van der Waals surface area contributed by atoms with Crippen LogP contribution in [-0.4, -0.2) is 61.0 Å². The molecule has 0 atom stereocenters. The summed E-state index contributed by atoms with van der Waals surface area (Å²) in [5.41, 5.74) is 2.78. The van der Waals surface area contributed by atoms with Gasteiger partial charge in [-0.3, -0.25) is 14.3 Å². The molecule has 8 nitrogen and oxygen atoms in total. The largest absolute Gasteiger partial charge is 0.348 e. The predicted molar refractivity (Wildman–Crippen MR) is 106 cm³/mol. The van der Waals surface area contributed by atoms with Gasteiger partial charge in [0, 0.05) is 56.8 Å². The first-order valence-corrected chi connectivity index (χ1v) is 10.7. The zero-order chi connectivity index (χ0) is 20.0. The second-order valence-corrected chi connectivity index (χ2v) is 8.63. The highest BCUT2D eigenvalue weighted by Crippen LogP contribution is 2.45. The van der Waals surface area contributed by atoms with Crippen molar-refractivity contribution in [2.24, 2.45) is 5.92 Å². The van der Waals surface area contributed by atoms with E-state index in [0.717, 1.165) is 55.7 Å². The number of aryl methyl sites for hydroxylation is 2. The van der Waals surface area contributed by atoms with E-state index in [1.165, 1.54) is 0 Å². The summed E-state index contributed by atoms with van der Waals surface area (Å²) in [5.74, 6) is 0.642. The number of aromatic amines is 1. The lowest BCUT2D eigenvalue weighted by Crippen LogP contribution is -2.59. The van der Waals surface area contributed by atoms with Crippen molar-refractivity contribution in [1.82, 2.24) is 29.5 Å². The molecule has 29 heavy (non-hydrogen) atoms. The molecule has 3 aliphatic rings. The van der Waals surface area contributed by atoms with Crippen molar-refractivity contribution in [2.75, 3.05) is 19.6 Å². The van der Waals surface area contributed by atoms with E-state index in [4.69, 9.17) is 0 Å². The number of nitrogens with one attached hydrogen (secondary N) is 1. The maximum atomic E-state index is 13.0. The van der Waals surface area contributed by atoms with Crippen LogP contribution in [0.5, 0.6) is 0 Å². The molecule has 154 valence electrons. The molecule has 0 unspecified atom stereocenters. The van der Waals surface area contributed by atoms with Crippen LogP contribution in [0.2, 0.25) is 0 Å². The molecule has 1 saturated carbocycles. The first-order chi connectivity index (χ1) is 14.1. The maximum Gasteiger partial charge on any atom is 0.226 e. The molecule has 2 aliphatic heterocycles. The number of amides is 2. The zero-order valence-corrected chi connectivity index (χ0v) is 16.9. The van der Waals surface area contributed by atoms with E-state index in [1.54, 1.807) is 6.33 Å². The molecule has 2 fully saturated rings. The molecule has 8 heteroatoms. The monoisotopic (exact) mass is 396 g/mol. The van der Waals surface area contributed by atoms with Gasteiger partial charge in [0.25, 0.3) is 0 Å². The lowest BCUT2D eigenvalue weighted by molar-refractivity contribution is -0.145. The van der Waals surface area contributed by atoms with Crippen molar-refractivity contribution in [3.05, 3.63) is 35.7 Å². The summed E-state index contributed by atoms with van der Waals surface area (Å²) in [6, 6.07) is 1.95. The van der Waals surface area contributed by atoms with Gasteiger partial charge in [-0.1, -0.05) is 0 Å². The van der Waals surface area contributed by atoms with Crippen LogP contribution in [0.3, 0.4) is 0 Å². The number of likely N-dealkylation sites (tertiary alicyclic amines) is 1. The summed E-state index contributed by atoms with van der Waals surface area (Å²) < 4.78 is 1.83. The highest BCUT2D eigenvalue weighted by molar-refractivity contribution is 5.82. The van der Waals surface area contributed by atoms with Crippen LogP contribution >= 0.6 is 0 Å². The molecule has 2 aromatic rings. The second-order valence-electron chi connectivity index (χ2n) is 8.63. The van der Waals surface area contributed by atoms with E-state index in [9.17, 15) is 9.59 Å². The van der Waals surface area contributed by atoms with Gasteiger partial charge in [-0.15, -0.1) is 0 Å².